The molecule has 0 N–H and O–H groups in total. The summed E-state index contributed by atoms with van der Waals surface area (Å²) in [4.78, 5) is 0.418. The van der Waals surface area contributed by atoms with Crippen LogP contribution in [0.3, 0.4) is 0 Å². The molecule has 0 heterocycles. The van der Waals surface area contributed by atoms with E-state index in [1.54, 1.807) is 26.0 Å². The maximum absolute atomic E-state index is 12.1. The van der Waals surface area contributed by atoms with Crippen molar-refractivity contribution in [2.75, 3.05) is 0 Å². The van der Waals surface area contributed by atoms with Crippen LogP contribution in [-0.2, 0) is 16.3 Å². The van der Waals surface area contributed by atoms with E-state index in [0.717, 1.165) is 31.2 Å². The zero-order valence-corrected chi connectivity index (χ0v) is 12.8. The zero-order chi connectivity index (χ0) is 14.3. The van der Waals surface area contributed by atoms with Gasteiger partial charge in [-0.15, -0.1) is 11.8 Å². The summed E-state index contributed by atoms with van der Waals surface area (Å²) in [6.07, 6.45) is 3.60. The van der Waals surface area contributed by atoms with Gasteiger partial charge in [-0.3, -0.25) is 0 Å². The van der Waals surface area contributed by atoms with Gasteiger partial charge in [0.15, 0.2) is 9.84 Å². The van der Waals surface area contributed by atoms with Crippen LogP contribution in [0, 0.1) is 11.8 Å². The van der Waals surface area contributed by atoms with Gasteiger partial charge in [-0.05, 0) is 44.4 Å². The van der Waals surface area contributed by atoms with Crippen LogP contribution in [0.1, 0.15) is 45.6 Å². The molecule has 0 saturated carbocycles. The maximum Gasteiger partial charge on any atom is 0.180 e. The van der Waals surface area contributed by atoms with Crippen LogP contribution in [0.15, 0.2) is 29.2 Å². The van der Waals surface area contributed by atoms with Crippen molar-refractivity contribution in [2.24, 2.45) is 0 Å². The Morgan fingerprint density at radius 3 is 2.47 bits per heavy atom. The summed E-state index contributed by atoms with van der Waals surface area (Å²) in [5, 5.41) is -0.382. The number of benzene rings is 1. The summed E-state index contributed by atoms with van der Waals surface area (Å²) in [7, 11) is -3.17. The number of aryl methyl sites for hydroxylation is 1. The summed E-state index contributed by atoms with van der Waals surface area (Å²) in [6.45, 7) is 5.52. The molecule has 0 aliphatic rings. The molecule has 1 rings (SSSR count). The van der Waals surface area contributed by atoms with Gasteiger partial charge in [0.2, 0.25) is 0 Å². The van der Waals surface area contributed by atoms with Crippen molar-refractivity contribution < 1.29 is 8.42 Å². The predicted molar refractivity (Wildman–Crippen MR) is 79.8 cm³/mol. The van der Waals surface area contributed by atoms with Gasteiger partial charge in [-0.2, -0.15) is 0 Å². The Hall–Kier alpha value is -1.27. The molecule has 0 radical (unpaired) electrons. The van der Waals surface area contributed by atoms with Gasteiger partial charge >= 0.3 is 0 Å². The quantitative estimate of drug-likeness (QED) is 0.771. The van der Waals surface area contributed by atoms with Gasteiger partial charge in [0.05, 0.1) is 10.1 Å². The van der Waals surface area contributed by atoms with Crippen LogP contribution in [0.4, 0.5) is 0 Å². The molecule has 104 valence electrons. The minimum atomic E-state index is -3.17. The van der Waals surface area contributed by atoms with Crippen molar-refractivity contribution in [1.29, 1.82) is 0 Å². The molecule has 3 heteroatoms. The van der Waals surface area contributed by atoms with E-state index < -0.39 is 9.84 Å². The van der Waals surface area contributed by atoms with Crippen LogP contribution in [0.5, 0.6) is 0 Å². The Balaban J connectivity index is 2.77. The second-order valence-electron chi connectivity index (χ2n) is 4.84. The highest BCUT2D eigenvalue weighted by molar-refractivity contribution is 7.92. The highest BCUT2D eigenvalue weighted by Crippen LogP contribution is 2.17. The molecule has 0 amide bonds. The van der Waals surface area contributed by atoms with E-state index in [-0.39, 0.29) is 5.25 Å². The summed E-state index contributed by atoms with van der Waals surface area (Å²) in [5.74, 6) is 6.22. The molecule has 1 aromatic rings. The third-order valence-corrected chi connectivity index (χ3v) is 5.04. The Morgan fingerprint density at radius 1 is 1.16 bits per heavy atom. The summed E-state index contributed by atoms with van der Waals surface area (Å²) in [5.41, 5.74) is 1.03. The molecule has 0 bridgehead atoms. The van der Waals surface area contributed by atoms with E-state index >= 15 is 0 Å². The minimum Gasteiger partial charge on any atom is -0.223 e. The van der Waals surface area contributed by atoms with E-state index in [4.69, 9.17) is 0 Å². The molecule has 0 saturated heterocycles. The first-order valence-corrected chi connectivity index (χ1v) is 8.31. The van der Waals surface area contributed by atoms with Crippen LogP contribution < -0.4 is 0 Å². The maximum atomic E-state index is 12.1. The van der Waals surface area contributed by atoms with E-state index in [0.29, 0.717) is 4.90 Å². The van der Waals surface area contributed by atoms with E-state index in [1.807, 2.05) is 12.1 Å². The van der Waals surface area contributed by atoms with Crippen molar-refractivity contribution in [3.63, 3.8) is 0 Å². The normalized spacial score (nSPS) is 11.2. The Bertz CT molecular complexity index is 560. The number of hydrogen-bond donors (Lipinski definition) is 0. The van der Waals surface area contributed by atoms with Crippen molar-refractivity contribution >= 4 is 9.84 Å². The number of sulfone groups is 1. The molecule has 1 aromatic carbocycles. The molecule has 0 unspecified atom stereocenters. The van der Waals surface area contributed by atoms with Crippen LogP contribution in [0.2, 0.25) is 0 Å². The van der Waals surface area contributed by atoms with Crippen molar-refractivity contribution in [1.82, 2.24) is 0 Å². The topological polar surface area (TPSA) is 34.1 Å². The largest absolute Gasteiger partial charge is 0.223 e. The SMILES string of the molecule is CCCC#CCCc1cccc(S(=O)(=O)C(C)C)c1. The fourth-order valence-corrected chi connectivity index (χ4v) is 2.79. The van der Waals surface area contributed by atoms with Gasteiger partial charge in [-0.1, -0.05) is 19.1 Å². The van der Waals surface area contributed by atoms with Gasteiger partial charge < -0.3 is 0 Å². The molecule has 0 fully saturated rings. The highest BCUT2D eigenvalue weighted by atomic mass is 32.2. The van der Waals surface area contributed by atoms with E-state index in [9.17, 15) is 8.42 Å². The summed E-state index contributed by atoms with van der Waals surface area (Å²) in [6, 6.07) is 7.21. The minimum absolute atomic E-state index is 0.382. The van der Waals surface area contributed by atoms with Gasteiger partial charge in [0.1, 0.15) is 0 Å². The number of unbranched alkanes of at least 4 members (excludes halogenated alkanes) is 1. The van der Waals surface area contributed by atoms with Crippen LogP contribution in [0.25, 0.3) is 0 Å². The first kappa shape index (κ1) is 15.8. The first-order valence-electron chi connectivity index (χ1n) is 6.77. The Labute approximate surface area is 117 Å². The second kappa shape index (κ2) is 7.35. The number of rotatable bonds is 5. The van der Waals surface area contributed by atoms with E-state index in [2.05, 4.69) is 18.8 Å². The predicted octanol–water partition coefficient (Wildman–Crippen LogP) is 3.60. The lowest BCUT2D eigenvalue weighted by molar-refractivity contribution is 0.587. The molecular weight excluding hydrogens is 256 g/mol. The molecule has 0 aromatic heterocycles. The molecular formula is C16H22O2S. The van der Waals surface area contributed by atoms with Gasteiger partial charge in [0, 0.05) is 12.8 Å². The molecule has 0 spiro atoms. The van der Waals surface area contributed by atoms with E-state index in [1.165, 1.54) is 0 Å². The van der Waals surface area contributed by atoms with Crippen LogP contribution in [-0.4, -0.2) is 13.7 Å². The molecule has 0 aliphatic heterocycles. The smallest absolute Gasteiger partial charge is 0.180 e. The third-order valence-electron chi connectivity index (χ3n) is 2.89. The van der Waals surface area contributed by atoms with Gasteiger partial charge in [-0.25, -0.2) is 8.42 Å². The summed E-state index contributed by atoms with van der Waals surface area (Å²) >= 11 is 0. The van der Waals surface area contributed by atoms with Crippen LogP contribution >= 0.6 is 0 Å². The van der Waals surface area contributed by atoms with Crippen molar-refractivity contribution in [3.8, 4) is 11.8 Å². The molecule has 19 heavy (non-hydrogen) atoms. The third kappa shape index (κ3) is 4.72. The van der Waals surface area contributed by atoms with Crippen molar-refractivity contribution in [3.05, 3.63) is 29.8 Å². The second-order valence-corrected chi connectivity index (χ2v) is 7.35. The highest BCUT2D eigenvalue weighted by Gasteiger charge is 2.18. The average Bonchev–Trinajstić information content (AvgIpc) is 2.38. The lowest BCUT2D eigenvalue weighted by Crippen LogP contribution is -2.14. The monoisotopic (exact) mass is 278 g/mol. The zero-order valence-electron chi connectivity index (χ0n) is 11.9. The van der Waals surface area contributed by atoms with Crippen molar-refractivity contribution in [2.45, 2.75) is 56.6 Å². The fraction of sp³-hybridized carbons (Fsp3) is 0.500. The molecule has 0 atom stereocenters. The molecule has 0 aliphatic carbocycles. The average molecular weight is 278 g/mol. The molecule has 2 nitrogen and oxygen atoms in total. The van der Waals surface area contributed by atoms with Gasteiger partial charge in [0.25, 0.3) is 0 Å². The summed E-state index contributed by atoms with van der Waals surface area (Å²) < 4.78 is 24.1. The first-order chi connectivity index (χ1) is 8.98. The fourth-order valence-electron chi connectivity index (χ4n) is 1.66. The Kier molecular flexibility index (Phi) is 6.11. The lowest BCUT2D eigenvalue weighted by atomic mass is 10.1. The lowest BCUT2D eigenvalue weighted by Gasteiger charge is -2.08. The Morgan fingerprint density at radius 2 is 1.84 bits per heavy atom. The standard InChI is InChI=1S/C16H22O2S/c1-4-5-6-7-8-10-15-11-9-12-16(13-15)19(17,18)14(2)3/h9,11-14H,4-5,8,10H2,1-3H3. The number of hydrogen-bond acceptors (Lipinski definition) is 2.